The molecule has 0 radical (unpaired) electrons. The lowest BCUT2D eigenvalue weighted by Gasteiger charge is -2.09. The summed E-state index contributed by atoms with van der Waals surface area (Å²) < 4.78 is 5.38. The number of hydrogen-bond acceptors (Lipinski definition) is 5. The number of carbonyl (C=O) groups is 1. The fourth-order valence-corrected chi connectivity index (χ4v) is 1.92. The average molecular weight is 307 g/mol. The van der Waals surface area contributed by atoms with Crippen molar-refractivity contribution in [3.8, 4) is 5.75 Å². The van der Waals surface area contributed by atoms with Crippen molar-refractivity contribution in [1.82, 2.24) is 4.98 Å². The van der Waals surface area contributed by atoms with Crippen molar-refractivity contribution >= 4 is 29.0 Å². The third-order valence-electron chi connectivity index (χ3n) is 2.64. The zero-order chi connectivity index (χ0) is 15.2. The van der Waals surface area contributed by atoms with Crippen LogP contribution in [0.15, 0.2) is 36.5 Å². The van der Waals surface area contributed by atoms with Crippen molar-refractivity contribution in [2.75, 3.05) is 17.3 Å². The van der Waals surface area contributed by atoms with Gasteiger partial charge in [-0.1, -0.05) is 17.7 Å². The molecule has 0 atom stereocenters. The summed E-state index contributed by atoms with van der Waals surface area (Å²) in [5.74, 6) is 5.92. The number of carbonyl (C=O) groups excluding carboxylic acids is 1. The number of amides is 1. The molecule has 0 unspecified atom stereocenters. The SMILES string of the molecule is CCOc1cccc(NC(=O)c2cnc(NN)c(Cl)c2)c1. The van der Waals surface area contributed by atoms with Crippen molar-refractivity contribution in [3.05, 3.63) is 47.1 Å². The number of nitrogens with one attached hydrogen (secondary N) is 2. The molecule has 4 N–H and O–H groups in total. The quantitative estimate of drug-likeness (QED) is 0.584. The standard InChI is InChI=1S/C14H15ClN4O2/c1-2-21-11-5-3-4-10(7-11)18-14(20)9-6-12(15)13(19-16)17-8-9/h3-8H,2,16H2,1H3,(H,17,19)(H,18,20). The van der Waals surface area contributed by atoms with Gasteiger partial charge in [-0.2, -0.15) is 0 Å². The minimum absolute atomic E-state index is 0.271. The molecule has 21 heavy (non-hydrogen) atoms. The highest BCUT2D eigenvalue weighted by Crippen LogP contribution is 2.21. The molecule has 0 bridgehead atoms. The molecule has 0 saturated heterocycles. The van der Waals surface area contributed by atoms with Gasteiger partial charge < -0.3 is 15.5 Å². The molecule has 6 nitrogen and oxygen atoms in total. The van der Waals surface area contributed by atoms with Crippen LogP contribution >= 0.6 is 11.6 Å². The molecular formula is C14H15ClN4O2. The maximum absolute atomic E-state index is 12.1. The smallest absolute Gasteiger partial charge is 0.257 e. The lowest BCUT2D eigenvalue weighted by molar-refractivity contribution is 0.102. The van der Waals surface area contributed by atoms with Gasteiger partial charge in [-0.05, 0) is 25.1 Å². The van der Waals surface area contributed by atoms with Crippen LogP contribution in [-0.4, -0.2) is 17.5 Å². The summed E-state index contributed by atoms with van der Waals surface area (Å²) >= 11 is 5.94. The minimum atomic E-state index is -0.318. The first-order chi connectivity index (χ1) is 10.1. The highest BCUT2D eigenvalue weighted by Gasteiger charge is 2.10. The number of hydrogen-bond donors (Lipinski definition) is 3. The van der Waals surface area contributed by atoms with Crippen LogP contribution < -0.4 is 21.3 Å². The largest absolute Gasteiger partial charge is 0.494 e. The Morgan fingerprint density at radius 2 is 2.24 bits per heavy atom. The van der Waals surface area contributed by atoms with E-state index in [-0.39, 0.29) is 10.9 Å². The molecule has 1 aromatic heterocycles. The fraction of sp³-hybridized carbons (Fsp3) is 0.143. The van der Waals surface area contributed by atoms with E-state index in [1.54, 1.807) is 18.2 Å². The van der Waals surface area contributed by atoms with Crippen molar-refractivity contribution in [2.45, 2.75) is 6.92 Å². The van der Waals surface area contributed by atoms with Crippen LogP contribution in [0.1, 0.15) is 17.3 Å². The topological polar surface area (TPSA) is 89.3 Å². The summed E-state index contributed by atoms with van der Waals surface area (Å²) in [5, 5.41) is 3.02. The predicted molar refractivity (Wildman–Crippen MR) is 82.6 cm³/mol. The van der Waals surface area contributed by atoms with E-state index in [4.69, 9.17) is 22.2 Å². The summed E-state index contributed by atoms with van der Waals surface area (Å²) in [5.41, 5.74) is 3.30. The molecule has 0 aliphatic rings. The van der Waals surface area contributed by atoms with Gasteiger partial charge in [-0.15, -0.1) is 0 Å². The highest BCUT2D eigenvalue weighted by atomic mass is 35.5. The van der Waals surface area contributed by atoms with Gasteiger partial charge in [-0.3, -0.25) is 4.79 Å². The van der Waals surface area contributed by atoms with E-state index >= 15 is 0 Å². The van der Waals surface area contributed by atoms with Gasteiger partial charge in [0, 0.05) is 18.0 Å². The Morgan fingerprint density at radius 3 is 2.90 bits per heavy atom. The van der Waals surface area contributed by atoms with Gasteiger partial charge in [-0.25, -0.2) is 10.8 Å². The second kappa shape index (κ2) is 6.92. The number of ether oxygens (including phenoxy) is 1. The maximum atomic E-state index is 12.1. The minimum Gasteiger partial charge on any atom is -0.494 e. The first-order valence-electron chi connectivity index (χ1n) is 6.30. The van der Waals surface area contributed by atoms with E-state index in [2.05, 4.69) is 15.7 Å². The molecule has 2 rings (SSSR count). The Bertz CT molecular complexity index is 649. The number of benzene rings is 1. The summed E-state index contributed by atoms with van der Waals surface area (Å²) in [6, 6.07) is 8.62. The van der Waals surface area contributed by atoms with Crippen molar-refractivity contribution in [3.63, 3.8) is 0 Å². The molecule has 1 aromatic carbocycles. The Labute approximate surface area is 127 Å². The Balaban J connectivity index is 2.14. The molecular weight excluding hydrogens is 292 g/mol. The monoisotopic (exact) mass is 306 g/mol. The molecule has 0 aliphatic heterocycles. The molecule has 2 aromatic rings. The van der Waals surface area contributed by atoms with Gasteiger partial charge in [0.1, 0.15) is 5.75 Å². The van der Waals surface area contributed by atoms with E-state index < -0.39 is 0 Å². The van der Waals surface area contributed by atoms with Crippen LogP contribution in [0.5, 0.6) is 5.75 Å². The number of nitrogens with zero attached hydrogens (tertiary/aromatic N) is 1. The van der Waals surface area contributed by atoms with Crippen LogP contribution in [0.25, 0.3) is 0 Å². The van der Waals surface area contributed by atoms with Crippen molar-refractivity contribution < 1.29 is 9.53 Å². The number of hydrazine groups is 1. The van der Waals surface area contributed by atoms with Gasteiger partial charge >= 0.3 is 0 Å². The third-order valence-corrected chi connectivity index (χ3v) is 2.93. The van der Waals surface area contributed by atoms with Gasteiger partial charge in [0.2, 0.25) is 0 Å². The van der Waals surface area contributed by atoms with E-state index in [9.17, 15) is 4.79 Å². The number of halogens is 1. The Hall–Kier alpha value is -2.31. The van der Waals surface area contributed by atoms with E-state index in [0.717, 1.165) is 0 Å². The number of anilines is 2. The maximum Gasteiger partial charge on any atom is 0.257 e. The Morgan fingerprint density at radius 1 is 1.43 bits per heavy atom. The Kier molecular flexibility index (Phi) is 4.97. The molecule has 0 spiro atoms. The molecule has 1 heterocycles. The predicted octanol–water partition coefficient (Wildman–Crippen LogP) is 2.67. The molecule has 1 amide bonds. The lowest BCUT2D eigenvalue weighted by atomic mass is 10.2. The van der Waals surface area contributed by atoms with Gasteiger partial charge in [0.25, 0.3) is 5.91 Å². The summed E-state index contributed by atoms with van der Waals surface area (Å²) in [4.78, 5) is 16.1. The molecule has 0 fully saturated rings. The number of nitrogens with two attached hydrogens (primary N) is 1. The van der Waals surface area contributed by atoms with Crippen LogP contribution in [0.4, 0.5) is 11.5 Å². The van der Waals surface area contributed by atoms with Crippen molar-refractivity contribution in [2.24, 2.45) is 5.84 Å². The summed E-state index contributed by atoms with van der Waals surface area (Å²) in [6.45, 7) is 2.45. The van der Waals surface area contributed by atoms with E-state index in [0.29, 0.717) is 29.4 Å². The number of aromatic nitrogens is 1. The highest BCUT2D eigenvalue weighted by molar-refractivity contribution is 6.33. The second-order valence-corrected chi connectivity index (χ2v) is 4.52. The molecule has 7 heteroatoms. The molecule has 0 aliphatic carbocycles. The van der Waals surface area contributed by atoms with E-state index in [1.807, 2.05) is 13.0 Å². The lowest BCUT2D eigenvalue weighted by Crippen LogP contribution is -2.14. The van der Waals surface area contributed by atoms with Gasteiger partial charge in [0.05, 0.1) is 17.2 Å². The first-order valence-corrected chi connectivity index (χ1v) is 6.68. The molecule has 0 saturated carbocycles. The number of rotatable bonds is 5. The van der Waals surface area contributed by atoms with Gasteiger partial charge in [0.15, 0.2) is 5.82 Å². The zero-order valence-corrected chi connectivity index (χ0v) is 12.1. The third kappa shape index (κ3) is 3.84. The summed E-state index contributed by atoms with van der Waals surface area (Å²) in [7, 11) is 0. The second-order valence-electron chi connectivity index (χ2n) is 4.11. The zero-order valence-electron chi connectivity index (χ0n) is 11.4. The van der Waals surface area contributed by atoms with Crippen LogP contribution in [0, 0.1) is 0 Å². The van der Waals surface area contributed by atoms with Crippen LogP contribution in [-0.2, 0) is 0 Å². The fourth-order valence-electron chi connectivity index (χ4n) is 1.70. The molecule has 110 valence electrons. The van der Waals surface area contributed by atoms with Crippen LogP contribution in [0.2, 0.25) is 5.02 Å². The first kappa shape index (κ1) is 15.1. The number of nitrogen functional groups attached to an aromatic ring is 1. The number of pyridine rings is 1. The average Bonchev–Trinajstić information content (AvgIpc) is 2.48. The summed E-state index contributed by atoms with van der Waals surface area (Å²) in [6.07, 6.45) is 1.39. The van der Waals surface area contributed by atoms with Crippen LogP contribution in [0.3, 0.4) is 0 Å². The van der Waals surface area contributed by atoms with Crippen molar-refractivity contribution in [1.29, 1.82) is 0 Å². The van der Waals surface area contributed by atoms with E-state index in [1.165, 1.54) is 12.3 Å². The normalized spacial score (nSPS) is 10.0.